The van der Waals surface area contributed by atoms with Crippen LogP contribution in [-0.4, -0.2) is 73.8 Å². The minimum Gasteiger partial charge on any atom is -0.385 e. The Bertz CT molecular complexity index is 458. The number of carbonyl (C=O) groups is 1. The van der Waals surface area contributed by atoms with Crippen molar-refractivity contribution in [2.45, 2.75) is 13.3 Å². The predicted octanol–water partition coefficient (Wildman–Crippen LogP) is 0.385. The first kappa shape index (κ1) is 16.6. The van der Waals surface area contributed by atoms with Gasteiger partial charge in [0.15, 0.2) is 0 Å². The highest BCUT2D eigenvalue weighted by atomic mass is 16.5. The maximum atomic E-state index is 11.9. The van der Waals surface area contributed by atoms with Crippen molar-refractivity contribution >= 4 is 11.7 Å². The molecule has 0 unspecified atom stereocenters. The maximum absolute atomic E-state index is 11.9. The molecule has 7 heteroatoms. The highest BCUT2D eigenvalue weighted by Crippen LogP contribution is 2.12. The lowest BCUT2D eigenvalue weighted by molar-refractivity contribution is 0.0943. The van der Waals surface area contributed by atoms with Crippen molar-refractivity contribution < 1.29 is 9.53 Å². The first-order valence-corrected chi connectivity index (χ1v) is 7.81. The Labute approximate surface area is 131 Å². The molecule has 7 nitrogen and oxygen atoms in total. The standard InChI is InChI=1S/C15H25N5O2/c1-3-19-6-8-20(9-7-19)14-12-17-13(11-18-14)15(21)16-5-4-10-22-2/h11-12H,3-10H2,1-2H3,(H,16,21). The molecule has 1 aliphatic rings. The van der Waals surface area contributed by atoms with E-state index in [2.05, 4.69) is 32.0 Å². The van der Waals surface area contributed by atoms with Crippen LogP contribution in [0.25, 0.3) is 0 Å². The third-order valence-corrected chi connectivity index (χ3v) is 3.83. The predicted molar refractivity (Wildman–Crippen MR) is 85.2 cm³/mol. The van der Waals surface area contributed by atoms with Crippen molar-refractivity contribution in [2.24, 2.45) is 0 Å². The van der Waals surface area contributed by atoms with Crippen LogP contribution in [0.1, 0.15) is 23.8 Å². The molecule has 1 aliphatic heterocycles. The van der Waals surface area contributed by atoms with Gasteiger partial charge in [-0.1, -0.05) is 6.92 Å². The summed E-state index contributed by atoms with van der Waals surface area (Å²) >= 11 is 0. The number of aromatic nitrogens is 2. The molecular formula is C15H25N5O2. The van der Waals surface area contributed by atoms with Gasteiger partial charge in [-0.05, 0) is 13.0 Å². The Kier molecular flexibility index (Phi) is 6.54. The molecular weight excluding hydrogens is 282 g/mol. The van der Waals surface area contributed by atoms with E-state index < -0.39 is 0 Å². The molecule has 2 heterocycles. The molecule has 0 aliphatic carbocycles. The van der Waals surface area contributed by atoms with Crippen molar-refractivity contribution in [1.82, 2.24) is 20.2 Å². The van der Waals surface area contributed by atoms with Crippen LogP contribution in [0.3, 0.4) is 0 Å². The van der Waals surface area contributed by atoms with E-state index in [0.717, 1.165) is 45.0 Å². The molecule has 0 spiro atoms. The van der Waals surface area contributed by atoms with E-state index in [0.29, 0.717) is 18.8 Å². The first-order chi connectivity index (χ1) is 10.7. The number of amides is 1. The first-order valence-electron chi connectivity index (χ1n) is 7.81. The smallest absolute Gasteiger partial charge is 0.271 e. The summed E-state index contributed by atoms with van der Waals surface area (Å²) in [6, 6.07) is 0. The molecule has 1 aromatic rings. The second kappa shape index (κ2) is 8.65. The summed E-state index contributed by atoms with van der Waals surface area (Å²) in [7, 11) is 1.65. The van der Waals surface area contributed by atoms with Crippen molar-refractivity contribution in [3.05, 3.63) is 18.1 Å². The number of nitrogens with zero attached hydrogens (tertiary/aromatic N) is 4. The molecule has 0 aromatic carbocycles. The highest BCUT2D eigenvalue weighted by molar-refractivity contribution is 5.91. The summed E-state index contributed by atoms with van der Waals surface area (Å²) in [6.07, 6.45) is 4.02. The number of anilines is 1. The van der Waals surface area contributed by atoms with Gasteiger partial charge in [0.25, 0.3) is 5.91 Å². The fourth-order valence-electron chi connectivity index (χ4n) is 2.40. The van der Waals surface area contributed by atoms with Gasteiger partial charge in [-0.15, -0.1) is 0 Å². The van der Waals surface area contributed by atoms with Gasteiger partial charge in [0.05, 0.1) is 12.4 Å². The summed E-state index contributed by atoms with van der Waals surface area (Å²) in [4.78, 5) is 25.1. The molecule has 1 aromatic heterocycles. The molecule has 0 atom stereocenters. The summed E-state index contributed by atoms with van der Waals surface area (Å²) in [5, 5.41) is 2.80. The van der Waals surface area contributed by atoms with Crippen molar-refractivity contribution in [2.75, 3.05) is 57.9 Å². The summed E-state index contributed by atoms with van der Waals surface area (Å²) in [6.45, 7) is 8.46. The maximum Gasteiger partial charge on any atom is 0.271 e. The third-order valence-electron chi connectivity index (χ3n) is 3.83. The second-order valence-electron chi connectivity index (χ2n) is 5.28. The number of hydrogen-bond donors (Lipinski definition) is 1. The van der Waals surface area contributed by atoms with Crippen molar-refractivity contribution in [1.29, 1.82) is 0 Å². The second-order valence-corrected chi connectivity index (χ2v) is 5.28. The number of ether oxygens (including phenoxy) is 1. The van der Waals surface area contributed by atoms with E-state index in [-0.39, 0.29) is 5.91 Å². The van der Waals surface area contributed by atoms with Gasteiger partial charge < -0.3 is 19.9 Å². The quantitative estimate of drug-likeness (QED) is 0.735. The normalized spacial score (nSPS) is 15.8. The number of likely N-dealkylation sites (N-methyl/N-ethyl adjacent to an activating group) is 1. The molecule has 1 saturated heterocycles. The van der Waals surface area contributed by atoms with Crippen LogP contribution in [0.4, 0.5) is 5.82 Å². The topological polar surface area (TPSA) is 70.6 Å². The SMILES string of the molecule is CCN1CCN(c2cnc(C(=O)NCCCOC)cn2)CC1. The van der Waals surface area contributed by atoms with Crippen LogP contribution in [0.5, 0.6) is 0 Å². The van der Waals surface area contributed by atoms with Crippen LogP contribution in [-0.2, 0) is 4.74 Å². The van der Waals surface area contributed by atoms with Crippen LogP contribution in [0.15, 0.2) is 12.4 Å². The van der Waals surface area contributed by atoms with Crippen LogP contribution in [0, 0.1) is 0 Å². The minimum atomic E-state index is -0.189. The molecule has 0 saturated carbocycles. The number of hydrogen-bond acceptors (Lipinski definition) is 6. The van der Waals surface area contributed by atoms with E-state index in [1.54, 1.807) is 19.5 Å². The molecule has 0 radical (unpaired) electrons. The average Bonchev–Trinajstić information content (AvgIpc) is 2.59. The summed E-state index contributed by atoms with van der Waals surface area (Å²) in [5.41, 5.74) is 0.355. The Balaban J connectivity index is 1.83. The van der Waals surface area contributed by atoms with Gasteiger partial charge in [0.2, 0.25) is 0 Å². The van der Waals surface area contributed by atoms with Gasteiger partial charge >= 0.3 is 0 Å². The fourth-order valence-corrected chi connectivity index (χ4v) is 2.40. The zero-order valence-corrected chi connectivity index (χ0v) is 13.4. The lowest BCUT2D eigenvalue weighted by Gasteiger charge is -2.34. The zero-order chi connectivity index (χ0) is 15.8. The molecule has 122 valence electrons. The van der Waals surface area contributed by atoms with Crippen molar-refractivity contribution in [3.8, 4) is 0 Å². The van der Waals surface area contributed by atoms with E-state index in [1.807, 2.05) is 0 Å². The van der Waals surface area contributed by atoms with Crippen molar-refractivity contribution in [3.63, 3.8) is 0 Å². The zero-order valence-electron chi connectivity index (χ0n) is 13.4. The van der Waals surface area contributed by atoms with E-state index >= 15 is 0 Å². The molecule has 0 bridgehead atoms. The third kappa shape index (κ3) is 4.64. The van der Waals surface area contributed by atoms with Gasteiger partial charge in [0, 0.05) is 46.4 Å². The van der Waals surface area contributed by atoms with Gasteiger partial charge in [-0.2, -0.15) is 0 Å². The largest absolute Gasteiger partial charge is 0.385 e. The fraction of sp³-hybridized carbons (Fsp3) is 0.667. The Hall–Kier alpha value is -1.73. The van der Waals surface area contributed by atoms with E-state index in [4.69, 9.17) is 4.74 Å². The Morgan fingerprint density at radius 1 is 1.27 bits per heavy atom. The average molecular weight is 307 g/mol. The van der Waals surface area contributed by atoms with E-state index in [9.17, 15) is 4.79 Å². The Morgan fingerprint density at radius 3 is 2.64 bits per heavy atom. The number of rotatable bonds is 7. The lowest BCUT2D eigenvalue weighted by Crippen LogP contribution is -2.46. The number of methoxy groups -OCH3 is 1. The summed E-state index contributed by atoms with van der Waals surface area (Å²) in [5.74, 6) is 0.651. The Morgan fingerprint density at radius 2 is 2.05 bits per heavy atom. The van der Waals surface area contributed by atoms with Gasteiger partial charge in [0.1, 0.15) is 11.5 Å². The van der Waals surface area contributed by atoms with Crippen LogP contribution < -0.4 is 10.2 Å². The molecule has 2 rings (SSSR count). The summed E-state index contributed by atoms with van der Waals surface area (Å²) < 4.78 is 4.94. The van der Waals surface area contributed by atoms with E-state index in [1.165, 1.54) is 0 Å². The molecule has 1 N–H and O–H groups in total. The number of piperazine rings is 1. The molecule has 1 fully saturated rings. The highest BCUT2D eigenvalue weighted by Gasteiger charge is 2.17. The lowest BCUT2D eigenvalue weighted by atomic mass is 10.3. The van der Waals surface area contributed by atoms with Crippen LogP contribution >= 0.6 is 0 Å². The monoisotopic (exact) mass is 307 g/mol. The van der Waals surface area contributed by atoms with Crippen LogP contribution in [0.2, 0.25) is 0 Å². The number of carbonyl (C=O) groups excluding carboxylic acids is 1. The number of nitrogens with one attached hydrogen (secondary N) is 1. The van der Waals surface area contributed by atoms with Gasteiger partial charge in [-0.3, -0.25) is 4.79 Å². The van der Waals surface area contributed by atoms with Gasteiger partial charge in [-0.25, -0.2) is 9.97 Å². The minimum absolute atomic E-state index is 0.189. The molecule has 22 heavy (non-hydrogen) atoms. The molecule has 1 amide bonds.